The van der Waals surface area contributed by atoms with Gasteiger partial charge in [-0.25, -0.2) is 0 Å². The van der Waals surface area contributed by atoms with Crippen molar-refractivity contribution >= 4 is 29.6 Å². The van der Waals surface area contributed by atoms with E-state index >= 15 is 0 Å². The van der Waals surface area contributed by atoms with Crippen molar-refractivity contribution in [2.75, 3.05) is 31.1 Å². The smallest absolute Gasteiger partial charge is 0.0536 e. The Morgan fingerprint density at radius 1 is 0.958 bits per heavy atom. The van der Waals surface area contributed by atoms with Crippen LogP contribution in [0, 0.1) is 0 Å². The molecule has 24 heavy (non-hydrogen) atoms. The standard InChI is InChI=1S/C20H22ClN3/c1-17(15-18-5-3-2-4-6-18)16-22-24-13-11-23(12-14-24)20-9-7-19(21)8-10-20/h2-10,15-16H,11-14H2,1H3/b17-15+,22-16-. The SMILES string of the molecule is CC(/C=N\N1CCN(c2ccc(Cl)cc2)CC1)=C\c1ccccc1. The van der Waals surface area contributed by atoms with Crippen LogP contribution < -0.4 is 4.90 Å². The Morgan fingerprint density at radius 2 is 1.62 bits per heavy atom. The molecular formula is C20H22ClN3. The average Bonchev–Trinajstić information content (AvgIpc) is 2.62. The molecule has 1 aliphatic rings. The molecule has 1 fully saturated rings. The van der Waals surface area contributed by atoms with Crippen LogP contribution in [0.4, 0.5) is 5.69 Å². The van der Waals surface area contributed by atoms with Crippen molar-refractivity contribution in [1.82, 2.24) is 5.01 Å². The van der Waals surface area contributed by atoms with E-state index in [1.807, 2.05) is 36.5 Å². The molecule has 0 spiro atoms. The van der Waals surface area contributed by atoms with Gasteiger partial charge in [0, 0.05) is 30.0 Å². The van der Waals surface area contributed by atoms with Crippen molar-refractivity contribution in [2.45, 2.75) is 6.92 Å². The minimum Gasteiger partial charge on any atom is -0.368 e. The lowest BCUT2D eigenvalue weighted by Gasteiger charge is -2.34. The normalized spacial score (nSPS) is 16.0. The summed E-state index contributed by atoms with van der Waals surface area (Å²) >= 11 is 5.95. The number of anilines is 1. The summed E-state index contributed by atoms with van der Waals surface area (Å²) < 4.78 is 0. The first kappa shape index (κ1) is 16.6. The highest BCUT2D eigenvalue weighted by molar-refractivity contribution is 6.30. The van der Waals surface area contributed by atoms with E-state index in [0.29, 0.717) is 0 Å². The van der Waals surface area contributed by atoms with Gasteiger partial charge in [-0.3, -0.25) is 5.01 Å². The first-order chi connectivity index (χ1) is 11.7. The van der Waals surface area contributed by atoms with E-state index in [2.05, 4.69) is 52.3 Å². The third-order valence-electron chi connectivity index (χ3n) is 4.07. The number of hydrogen-bond acceptors (Lipinski definition) is 3. The predicted octanol–water partition coefficient (Wildman–Crippen LogP) is 4.55. The third-order valence-corrected chi connectivity index (χ3v) is 4.32. The number of rotatable bonds is 4. The van der Waals surface area contributed by atoms with Crippen LogP contribution in [0.25, 0.3) is 6.08 Å². The summed E-state index contributed by atoms with van der Waals surface area (Å²) in [5.41, 5.74) is 3.58. The minimum atomic E-state index is 0.780. The molecule has 0 unspecified atom stereocenters. The van der Waals surface area contributed by atoms with Crippen molar-refractivity contribution in [1.29, 1.82) is 0 Å². The average molecular weight is 340 g/mol. The third kappa shape index (κ3) is 4.62. The van der Waals surface area contributed by atoms with Gasteiger partial charge in [0.15, 0.2) is 0 Å². The number of benzene rings is 2. The molecule has 2 aromatic carbocycles. The molecule has 3 rings (SSSR count). The predicted molar refractivity (Wildman–Crippen MR) is 104 cm³/mol. The van der Waals surface area contributed by atoms with Crippen LogP contribution in [0.2, 0.25) is 5.02 Å². The zero-order chi connectivity index (χ0) is 16.8. The van der Waals surface area contributed by atoms with Gasteiger partial charge in [0.1, 0.15) is 0 Å². The number of hydrazone groups is 1. The largest absolute Gasteiger partial charge is 0.368 e. The number of piperazine rings is 1. The van der Waals surface area contributed by atoms with Crippen molar-refractivity contribution in [3.05, 3.63) is 70.8 Å². The zero-order valence-corrected chi connectivity index (χ0v) is 14.7. The van der Waals surface area contributed by atoms with Crippen molar-refractivity contribution in [2.24, 2.45) is 5.10 Å². The van der Waals surface area contributed by atoms with Crippen LogP contribution in [-0.4, -0.2) is 37.4 Å². The molecule has 1 aliphatic heterocycles. The van der Waals surface area contributed by atoms with Crippen LogP contribution in [0.3, 0.4) is 0 Å². The quantitative estimate of drug-likeness (QED) is 0.761. The van der Waals surface area contributed by atoms with Gasteiger partial charge in [0.05, 0.1) is 13.1 Å². The second kappa shape index (κ2) is 8.02. The molecule has 0 aliphatic carbocycles. The summed E-state index contributed by atoms with van der Waals surface area (Å²) in [5, 5.41) is 7.53. The Morgan fingerprint density at radius 3 is 2.29 bits per heavy atom. The van der Waals surface area contributed by atoms with Crippen LogP contribution in [-0.2, 0) is 0 Å². The molecule has 0 N–H and O–H groups in total. The molecule has 0 atom stereocenters. The summed E-state index contributed by atoms with van der Waals surface area (Å²) in [4.78, 5) is 2.37. The lowest BCUT2D eigenvalue weighted by atomic mass is 10.1. The van der Waals surface area contributed by atoms with Crippen LogP contribution in [0.5, 0.6) is 0 Å². The highest BCUT2D eigenvalue weighted by Gasteiger charge is 2.15. The molecule has 4 heteroatoms. The summed E-state index contributed by atoms with van der Waals surface area (Å²) in [7, 11) is 0. The highest BCUT2D eigenvalue weighted by atomic mass is 35.5. The van der Waals surface area contributed by atoms with E-state index in [1.165, 1.54) is 11.3 Å². The molecule has 1 saturated heterocycles. The molecular weight excluding hydrogens is 318 g/mol. The van der Waals surface area contributed by atoms with Crippen LogP contribution in [0.1, 0.15) is 12.5 Å². The molecule has 1 heterocycles. The van der Waals surface area contributed by atoms with Crippen molar-refractivity contribution in [3.63, 3.8) is 0 Å². The molecule has 0 bridgehead atoms. The van der Waals surface area contributed by atoms with E-state index in [1.54, 1.807) is 0 Å². The Bertz CT molecular complexity index is 699. The molecule has 0 amide bonds. The van der Waals surface area contributed by atoms with Gasteiger partial charge in [0.25, 0.3) is 0 Å². The lowest BCUT2D eigenvalue weighted by molar-refractivity contribution is 0.272. The van der Waals surface area contributed by atoms with E-state index < -0.39 is 0 Å². The first-order valence-corrected chi connectivity index (χ1v) is 8.61. The number of allylic oxidation sites excluding steroid dienone is 1. The second-order valence-corrected chi connectivity index (χ2v) is 6.40. The van der Waals surface area contributed by atoms with Gasteiger partial charge in [-0.1, -0.05) is 48.0 Å². The molecule has 0 aromatic heterocycles. The van der Waals surface area contributed by atoms with Crippen molar-refractivity contribution in [3.8, 4) is 0 Å². The molecule has 2 aromatic rings. The molecule has 3 nitrogen and oxygen atoms in total. The summed E-state index contributed by atoms with van der Waals surface area (Å²) in [5.74, 6) is 0. The maximum atomic E-state index is 5.95. The fourth-order valence-electron chi connectivity index (χ4n) is 2.74. The fraction of sp³-hybridized carbons (Fsp3) is 0.250. The van der Waals surface area contributed by atoms with E-state index in [0.717, 1.165) is 36.8 Å². The Kier molecular flexibility index (Phi) is 5.55. The summed E-state index contributed by atoms with van der Waals surface area (Å²) in [6, 6.07) is 18.4. The second-order valence-electron chi connectivity index (χ2n) is 5.96. The van der Waals surface area contributed by atoms with Crippen LogP contribution in [0.15, 0.2) is 65.3 Å². The minimum absolute atomic E-state index is 0.780. The van der Waals surface area contributed by atoms with Gasteiger partial charge in [-0.05, 0) is 42.3 Å². The summed E-state index contributed by atoms with van der Waals surface area (Å²) in [6.07, 6.45) is 4.10. The van der Waals surface area contributed by atoms with Crippen molar-refractivity contribution < 1.29 is 0 Å². The monoisotopic (exact) mass is 339 g/mol. The van der Waals surface area contributed by atoms with Gasteiger partial charge >= 0.3 is 0 Å². The molecule has 0 radical (unpaired) electrons. The van der Waals surface area contributed by atoms with E-state index in [-0.39, 0.29) is 0 Å². The van der Waals surface area contributed by atoms with Gasteiger partial charge in [0.2, 0.25) is 0 Å². The number of hydrogen-bond donors (Lipinski definition) is 0. The summed E-state index contributed by atoms with van der Waals surface area (Å²) in [6.45, 7) is 5.89. The lowest BCUT2D eigenvalue weighted by Crippen LogP contribution is -2.44. The Labute approximate surface area is 148 Å². The molecule has 0 saturated carbocycles. The van der Waals surface area contributed by atoms with E-state index in [4.69, 9.17) is 11.6 Å². The van der Waals surface area contributed by atoms with E-state index in [9.17, 15) is 0 Å². The topological polar surface area (TPSA) is 18.8 Å². The zero-order valence-electron chi connectivity index (χ0n) is 13.9. The van der Waals surface area contributed by atoms with Gasteiger partial charge in [-0.15, -0.1) is 0 Å². The van der Waals surface area contributed by atoms with Gasteiger partial charge < -0.3 is 4.90 Å². The fourth-order valence-corrected chi connectivity index (χ4v) is 2.87. The number of nitrogens with zero attached hydrogens (tertiary/aromatic N) is 3. The maximum Gasteiger partial charge on any atom is 0.0536 e. The first-order valence-electron chi connectivity index (χ1n) is 8.23. The Balaban J connectivity index is 1.53. The maximum absolute atomic E-state index is 5.95. The van der Waals surface area contributed by atoms with Crippen LogP contribution >= 0.6 is 11.6 Å². The molecule has 124 valence electrons. The number of halogens is 1. The Hall–Kier alpha value is -2.26. The van der Waals surface area contributed by atoms with Gasteiger partial charge in [-0.2, -0.15) is 5.10 Å². The highest BCUT2D eigenvalue weighted by Crippen LogP contribution is 2.19.